The maximum atomic E-state index is 11.2. The third-order valence-corrected chi connectivity index (χ3v) is 3.02. The van der Waals surface area contributed by atoms with Gasteiger partial charge < -0.3 is 14.2 Å². The Morgan fingerprint density at radius 3 is 2.15 bits per heavy atom. The number of hydrogen-bond acceptors (Lipinski definition) is 4. The topological polar surface area (TPSA) is 44.8 Å². The maximum Gasteiger partial charge on any atom is 0.305 e. The van der Waals surface area contributed by atoms with Crippen molar-refractivity contribution in [2.45, 2.75) is 71.8 Å². The zero-order chi connectivity index (χ0) is 15.1. The Kier molecular flexibility index (Phi) is 14.3. The van der Waals surface area contributed by atoms with Gasteiger partial charge in [0.1, 0.15) is 12.7 Å². The molecule has 4 nitrogen and oxygen atoms in total. The van der Waals surface area contributed by atoms with Crippen molar-refractivity contribution in [2.75, 3.05) is 26.4 Å². The molecule has 0 N–H and O–H groups in total. The molecule has 20 heavy (non-hydrogen) atoms. The number of unbranched alkanes of at least 4 members (excludes halogenated alkanes) is 4. The van der Waals surface area contributed by atoms with Crippen LogP contribution in [0.5, 0.6) is 0 Å². The van der Waals surface area contributed by atoms with E-state index in [1.165, 1.54) is 25.7 Å². The fourth-order valence-corrected chi connectivity index (χ4v) is 1.70. The van der Waals surface area contributed by atoms with E-state index in [1.807, 2.05) is 0 Å². The Bertz CT molecular complexity index is 219. The first-order valence-electron chi connectivity index (χ1n) is 8.09. The van der Waals surface area contributed by atoms with E-state index in [0.29, 0.717) is 26.2 Å². The number of ether oxygens (including phenoxy) is 3. The summed E-state index contributed by atoms with van der Waals surface area (Å²) in [6.07, 6.45) is 7.11. The molecule has 0 radical (unpaired) electrons. The Hall–Kier alpha value is -0.610. The zero-order valence-electron chi connectivity index (χ0n) is 13.5. The second-order valence-electron chi connectivity index (χ2n) is 5.02. The van der Waals surface area contributed by atoms with Crippen molar-refractivity contribution in [3.63, 3.8) is 0 Å². The van der Waals surface area contributed by atoms with Gasteiger partial charge in [-0.15, -0.1) is 0 Å². The SMILES string of the molecule is CCCCCOC[C@H](COC(=O)CC)OCCCCC. The van der Waals surface area contributed by atoms with Crippen molar-refractivity contribution < 1.29 is 19.0 Å². The highest BCUT2D eigenvalue weighted by Crippen LogP contribution is 2.02. The summed E-state index contributed by atoms with van der Waals surface area (Å²) in [4.78, 5) is 11.2. The van der Waals surface area contributed by atoms with Gasteiger partial charge >= 0.3 is 5.97 Å². The van der Waals surface area contributed by atoms with E-state index < -0.39 is 0 Å². The van der Waals surface area contributed by atoms with Crippen molar-refractivity contribution in [1.82, 2.24) is 0 Å². The van der Waals surface area contributed by atoms with Crippen LogP contribution in [0.3, 0.4) is 0 Å². The summed E-state index contributed by atoms with van der Waals surface area (Å²) in [6, 6.07) is 0. The maximum absolute atomic E-state index is 11.2. The van der Waals surface area contributed by atoms with E-state index in [2.05, 4.69) is 13.8 Å². The van der Waals surface area contributed by atoms with Gasteiger partial charge in [0.05, 0.1) is 6.61 Å². The number of hydrogen-bond donors (Lipinski definition) is 0. The number of esters is 1. The van der Waals surface area contributed by atoms with Gasteiger partial charge in [0.2, 0.25) is 0 Å². The predicted octanol–water partition coefficient (Wildman–Crippen LogP) is 3.72. The summed E-state index contributed by atoms with van der Waals surface area (Å²) >= 11 is 0. The number of rotatable bonds is 14. The second kappa shape index (κ2) is 14.8. The Morgan fingerprint density at radius 2 is 1.55 bits per heavy atom. The monoisotopic (exact) mass is 288 g/mol. The van der Waals surface area contributed by atoms with E-state index in [0.717, 1.165) is 19.4 Å². The smallest absolute Gasteiger partial charge is 0.305 e. The van der Waals surface area contributed by atoms with Gasteiger partial charge in [-0.1, -0.05) is 46.5 Å². The minimum absolute atomic E-state index is 0.135. The highest BCUT2D eigenvalue weighted by molar-refractivity contribution is 5.68. The predicted molar refractivity (Wildman–Crippen MR) is 80.9 cm³/mol. The molecule has 0 aliphatic carbocycles. The highest BCUT2D eigenvalue weighted by atomic mass is 16.6. The molecule has 0 fully saturated rings. The van der Waals surface area contributed by atoms with Gasteiger partial charge in [0.15, 0.2) is 0 Å². The molecule has 120 valence electrons. The summed E-state index contributed by atoms with van der Waals surface area (Å²) in [7, 11) is 0. The van der Waals surface area contributed by atoms with Crippen molar-refractivity contribution in [2.24, 2.45) is 0 Å². The molecule has 0 aromatic rings. The lowest BCUT2D eigenvalue weighted by atomic mass is 10.2. The molecule has 0 heterocycles. The van der Waals surface area contributed by atoms with Gasteiger partial charge in [-0.2, -0.15) is 0 Å². The molecule has 0 spiro atoms. The number of carbonyl (C=O) groups excluding carboxylic acids is 1. The van der Waals surface area contributed by atoms with Gasteiger partial charge in [-0.25, -0.2) is 0 Å². The van der Waals surface area contributed by atoms with Crippen LogP contribution in [0.25, 0.3) is 0 Å². The van der Waals surface area contributed by atoms with Crippen molar-refractivity contribution in [3.8, 4) is 0 Å². The van der Waals surface area contributed by atoms with E-state index in [9.17, 15) is 4.79 Å². The van der Waals surface area contributed by atoms with Crippen LogP contribution in [0.4, 0.5) is 0 Å². The lowest BCUT2D eigenvalue weighted by Crippen LogP contribution is -2.27. The minimum atomic E-state index is -0.182. The molecule has 0 saturated carbocycles. The van der Waals surface area contributed by atoms with E-state index in [-0.39, 0.29) is 12.1 Å². The molecule has 0 saturated heterocycles. The highest BCUT2D eigenvalue weighted by Gasteiger charge is 2.12. The lowest BCUT2D eigenvalue weighted by molar-refractivity contribution is -0.149. The van der Waals surface area contributed by atoms with Gasteiger partial charge in [0.25, 0.3) is 0 Å². The Morgan fingerprint density at radius 1 is 0.900 bits per heavy atom. The molecule has 0 aliphatic rings. The average molecular weight is 288 g/mol. The first kappa shape index (κ1) is 19.4. The van der Waals surface area contributed by atoms with Crippen molar-refractivity contribution in [3.05, 3.63) is 0 Å². The molecule has 0 aromatic heterocycles. The first-order valence-corrected chi connectivity index (χ1v) is 8.09. The van der Waals surface area contributed by atoms with Crippen LogP contribution in [0, 0.1) is 0 Å². The van der Waals surface area contributed by atoms with Gasteiger partial charge in [0, 0.05) is 19.6 Å². The van der Waals surface area contributed by atoms with Crippen LogP contribution in [0.2, 0.25) is 0 Å². The normalized spacial score (nSPS) is 12.3. The van der Waals surface area contributed by atoms with Gasteiger partial charge in [-0.05, 0) is 12.8 Å². The van der Waals surface area contributed by atoms with Crippen LogP contribution >= 0.6 is 0 Å². The minimum Gasteiger partial charge on any atom is -0.463 e. The fraction of sp³-hybridized carbons (Fsp3) is 0.938. The van der Waals surface area contributed by atoms with Crippen LogP contribution in [0.1, 0.15) is 65.7 Å². The van der Waals surface area contributed by atoms with E-state index in [1.54, 1.807) is 6.92 Å². The first-order chi connectivity index (χ1) is 9.74. The quantitative estimate of drug-likeness (QED) is 0.361. The van der Waals surface area contributed by atoms with E-state index >= 15 is 0 Å². The molecule has 1 atom stereocenters. The third-order valence-electron chi connectivity index (χ3n) is 3.02. The Labute approximate surface area is 124 Å². The average Bonchev–Trinajstić information content (AvgIpc) is 2.47. The van der Waals surface area contributed by atoms with Crippen LogP contribution in [0.15, 0.2) is 0 Å². The molecular weight excluding hydrogens is 256 g/mol. The Balaban J connectivity index is 3.81. The lowest BCUT2D eigenvalue weighted by Gasteiger charge is -2.18. The summed E-state index contributed by atoms with van der Waals surface area (Å²) in [5.41, 5.74) is 0. The molecule has 0 bridgehead atoms. The largest absolute Gasteiger partial charge is 0.463 e. The zero-order valence-corrected chi connectivity index (χ0v) is 13.5. The molecule has 0 unspecified atom stereocenters. The fourth-order valence-electron chi connectivity index (χ4n) is 1.70. The van der Waals surface area contributed by atoms with Gasteiger partial charge in [-0.3, -0.25) is 4.79 Å². The van der Waals surface area contributed by atoms with Crippen LogP contribution in [-0.4, -0.2) is 38.5 Å². The standard InChI is InChI=1S/C16H32O4/c1-4-7-9-11-18-13-15(14-20-16(17)6-3)19-12-10-8-5-2/h15H,4-14H2,1-3H3/t15-/m1/s1. The molecule has 0 aromatic carbocycles. The molecular formula is C16H32O4. The summed E-state index contributed by atoms with van der Waals surface area (Å²) < 4.78 is 16.5. The summed E-state index contributed by atoms with van der Waals surface area (Å²) in [6.45, 7) is 8.40. The summed E-state index contributed by atoms with van der Waals surface area (Å²) in [5, 5.41) is 0. The number of carbonyl (C=O) groups is 1. The summed E-state index contributed by atoms with van der Waals surface area (Å²) in [5.74, 6) is -0.182. The van der Waals surface area contributed by atoms with Crippen LogP contribution in [-0.2, 0) is 19.0 Å². The second-order valence-corrected chi connectivity index (χ2v) is 5.02. The van der Waals surface area contributed by atoms with Crippen molar-refractivity contribution in [1.29, 1.82) is 0 Å². The molecule has 0 rings (SSSR count). The van der Waals surface area contributed by atoms with Crippen molar-refractivity contribution >= 4 is 5.97 Å². The third kappa shape index (κ3) is 12.4. The van der Waals surface area contributed by atoms with Crippen LogP contribution < -0.4 is 0 Å². The molecule has 0 amide bonds. The van der Waals surface area contributed by atoms with E-state index in [4.69, 9.17) is 14.2 Å². The molecule has 4 heteroatoms. The molecule has 0 aliphatic heterocycles.